The molecule has 2 heterocycles. The highest BCUT2D eigenvalue weighted by Crippen LogP contribution is 2.31. The summed E-state index contributed by atoms with van der Waals surface area (Å²) in [6.45, 7) is 0. The van der Waals surface area contributed by atoms with Gasteiger partial charge in [-0.2, -0.15) is 5.10 Å². The molecule has 0 spiro atoms. The number of halogens is 2. The summed E-state index contributed by atoms with van der Waals surface area (Å²) in [5, 5.41) is 12.3. The Bertz CT molecular complexity index is 1760. The molecule has 0 saturated heterocycles. The van der Waals surface area contributed by atoms with Gasteiger partial charge in [0.05, 0.1) is 35.6 Å². The lowest BCUT2D eigenvalue weighted by atomic mass is 10.0. The largest absolute Gasteiger partial charge is 0.388 e. The fourth-order valence-electron chi connectivity index (χ4n) is 4.33. The highest BCUT2D eigenvalue weighted by Gasteiger charge is 2.24. The quantitative estimate of drug-likeness (QED) is 0.121. The van der Waals surface area contributed by atoms with Gasteiger partial charge in [0.2, 0.25) is 5.91 Å². The van der Waals surface area contributed by atoms with Crippen LogP contribution in [-0.4, -0.2) is 25.7 Å². The van der Waals surface area contributed by atoms with Gasteiger partial charge in [-0.3, -0.25) is 24.3 Å². The summed E-state index contributed by atoms with van der Waals surface area (Å²) in [5.74, 6) is 5.73. The van der Waals surface area contributed by atoms with Gasteiger partial charge >= 0.3 is 0 Å². The van der Waals surface area contributed by atoms with Crippen molar-refractivity contribution < 1.29 is 4.79 Å². The lowest BCUT2D eigenvalue weighted by Crippen LogP contribution is -2.34. The van der Waals surface area contributed by atoms with E-state index in [0.29, 0.717) is 27.7 Å². The molecule has 0 bridgehead atoms. The smallest absolute Gasteiger partial charge is 0.254 e. The van der Waals surface area contributed by atoms with Gasteiger partial charge in [-0.1, -0.05) is 53.5 Å². The van der Waals surface area contributed by atoms with Crippen LogP contribution in [0.15, 0.2) is 101 Å². The number of carbonyl (C=O) groups is 1. The highest BCUT2D eigenvalue weighted by molar-refractivity contribution is 6.31. The molecule has 1 unspecified atom stereocenters. The van der Waals surface area contributed by atoms with Crippen LogP contribution >= 0.6 is 23.2 Å². The SMILES string of the molecule is N/C(Cl)=C\N(N)c1ccc(Cl)cc1-c1cc(=O)n(C(Cc2ccccc2)C(=O)Nc2ccc3cn[nH]c3c2)cn1. The number of nitrogens with two attached hydrogens (primary N) is 2. The monoisotopic (exact) mass is 574 g/mol. The van der Waals surface area contributed by atoms with Crippen LogP contribution in [0.3, 0.4) is 0 Å². The average Bonchev–Trinajstić information content (AvgIpc) is 3.40. The van der Waals surface area contributed by atoms with Crippen LogP contribution in [0.5, 0.6) is 0 Å². The van der Waals surface area contributed by atoms with Crippen molar-refractivity contribution >= 4 is 51.4 Å². The molecule has 40 heavy (non-hydrogen) atoms. The molecule has 12 heteroatoms. The van der Waals surface area contributed by atoms with Gasteiger partial charge in [-0.25, -0.2) is 10.8 Å². The van der Waals surface area contributed by atoms with Crippen LogP contribution in [0.2, 0.25) is 5.02 Å². The molecule has 5 rings (SSSR count). The molecular weight excluding hydrogens is 551 g/mol. The summed E-state index contributed by atoms with van der Waals surface area (Å²) in [5.41, 5.74) is 8.59. The van der Waals surface area contributed by atoms with Crippen LogP contribution in [0.25, 0.3) is 22.2 Å². The number of fused-ring (bicyclic) bond motifs is 1. The van der Waals surface area contributed by atoms with E-state index in [9.17, 15) is 9.59 Å². The Labute approximate surface area is 238 Å². The van der Waals surface area contributed by atoms with Crippen molar-refractivity contribution in [2.24, 2.45) is 11.6 Å². The molecule has 1 amide bonds. The number of nitrogens with one attached hydrogen (secondary N) is 2. The van der Waals surface area contributed by atoms with Gasteiger partial charge in [0.25, 0.3) is 5.56 Å². The lowest BCUT2D eigenvalue weighted by molar-refractivity contribution is -0.119. The van der Waals surface area contributed by atoms with E-state index in [1.807, 2.05) is 36.4 Å². The zero-order valence-corrected chi connectivity index (χ0v) is 22.5. The van der Waals surface area contributed by atoms with Crippen molar-refractivity contribution in [1.82, 2.24) is 19.7 Å². The van der Waals surface area contributed by atoms with Crippen molar-refractivity contribution in [3.63, 3.8) is 0 Å². The molecule has 0 fully saturated rings. The minimum Gasteiger partial charge on any atom is -0.388 e. The number of benzene rings is 3. The van der Waals surface area contributed by atoms with Gasteiger partial charge in [0.15, 0.2) is 0 Å². The molecular formula is C28H24Cl2N8O2. The second kappa shape index (κ2) is 11.6. The molecule has 0 radical (unpaired) electrons. The summed E-state index contributed by atoms with van der Waals surface area (Å²) in [7, 11) is 0. The van der Waals surface area contributed by atoms with Crippen LogP contribution in [-0.2, 0) is 11.2 Å². The maximum atomic E-state index is 13.6. The second-order valence-electron chi connectivity index (χ2n) is 8.97. The second-order valence-corrected chi connectivity index (χ2v) is 9.84. The van der Waals surface area contributed by atoms with Crippen LogP contribution in [0.1, 0.15) is 11.6 Å². The van der Waals surface area contributed by atoms with Crippen LogP contribution < -0.4 is 27.5 Å². The van der Waals surface area contributed by atoms with Gasteiger partial charge in [0.1, 0.15) is 11.2 Å². The first-order valence-electron chi connectivity index (χ1n) is 12.1. The van der Waals surface area contributed by atoms with Crippen molar-refractivity contribution in [1.29, 1.82) is 0 Å². The van der Waals surface area contributed by atoms with Crippen LogP contribution in [0.4, 0.5) is 11.4 Å². The van der Waals surface area contributed by atoms with Gasteiger partial charge in [-0.15, -0.1) is 0 Å². The Balaban J connectivity index is 1.51. The first-order chi connectivity index (χ1) is 19.3. The Kier molecular flexibility index (Phi) is 7.83. The maximum Gasteiger partial charge on any atom is 0.254 e. The fourth-order valence-corrected chi connectivity index (χ4v) is 4.60. The zero-order valence-electron chi connectivity index (χ0n) is 21.0. The van der Waals surface area contributed by atoms with E-state index in [1.54, 1.807) is 36.5 Å². The summed E-state index contributed by atoms with van der Waals surface area (Å²) < 4.78 is 1.31. The highest BCUT2D eigenvalue weighted by atomic mass is 35.5. The Hall–Kier alpha value is -4.64. The normalized spacial score (nSPS) is 12.3. The van der Waals surface area contributed by atoms with E-state index in [1.165, 1.54) is 28.2 Å². The number of H-pyrrole nitrogens is 1. The molecule has 5 aromatic rings. The zero-order chi connectivity index (χ0) is 28.2. The predicted octanol–water partition coefficient (Wildman–Crippen LogP) is 4.54. The van der Waals surface area contributed by atoms with E-state index in [4.69, 9.17) is 34.8 Å². The van der Waals surface area contributed by atoms with E-state index in [0.717, 1.165) is 16.5 Å². The Morgan fingerprint density at radius 3 is 2.67 bits per heavy atom. The molecule has 2 aromatic heterocycles. The van der Waals surface area contributed by atoms with Crippen molar-refractivity contribution in [3.8, 4) is 11.3 Å². The van der Waals surface area contributed by atoms with E-state index < -0.39 is 11.6 Å². The number of nitrogens with zero attached hydrogens (tertiary/aromatic N) is 4. The number of aromatic amines is 1. The molecule has 0 aliphatic rings. The first-order valence-corrected chi connectivity index (χ1v) is 12.9. The van der Waals surface area contributed by atoms with E-state index in [2.05, 4.69) is 20.5 Å². The third kappa shape index (κ3) is 5.99. The molecule has 3 aromatic carbocycles. The number of hydrogen-bond donors (Lipinski definition) is 4. The molecule has 1 atom stereocenters. The minimum atomic E-state index is -0.891. The van der Waals surface area contributed by atoms with Crippen molar-refractivity contribution in [2.75, 3.05) is 10.3 Å². The Morgan fingerprint density at radius 1 is 1.12 bits per heavy atom. The molecule has 202 valence electrons. The van der Waals surface area contributed by atoms with E-state index in [-0.39, 0.29) is 17.5 Å². The Morgan fingerprint density at radius 2 is 1.93 bits per heavy atom. The minimum absolute atomic E-state index is 0.0341. The van der Waals surface area contributed by atoms with Gasteiger partial charge in [0, 0.05) is 34.1 Å². The van der Waals surface area contributed by atoms with Gasteiger partial charge in [-0.05, 0) is 42.0 Å². The van der Waals surface area contributed by atoms with Gasteiger partial charge < -0.3 is 11.1 Å². The molecule has 10 nitrogen and oxygen atoms in total. The number of anilines is 2. The number of carbonyl (C=O) groups excluding carboxylic acids is 1. The number of rotatable bonds is 8. The molecule has 0 aliphatic carbocycles. The van der Waals surface area contributed by atoms with Crippen LogP contribution in [0, 0.1) is 0 Å². The number of aromatic nitrogens is 4. The third-order valence-corrected chi connectivity index (χ3v) is 6.56. The number of hydrazine groups is 1. The maximum absolute atomic E-state index is 13.6. The predicted molar refractivity (Wildman–Crippen MR) is 158 cm³/mol. The average molecular weight is 575 g/mol. The molecule has 6 N–H and O–H groups in total. The number of amides is 1. The summed E-state index contributed by atoms with van der Waals surface area (Å²) in [4.78, 5) is 31.6. The number of hydrogen-bond acceptors (Lipinski definition) is 7. The summed E-state index contributed by atoms with van der Waals surface area (Å²) >= 11 is 12.0. The van der Waals surface area contributed by atoms with Crippen molar-refractivity contribution in [3.05, 3.63) is 118 Å². The third-order valence-electron chi connectivity index (χ3n) is 6.23. The van der Waals surface area contributed by atoms with E-state index >= 15 is 0 Å². The lowest BCUT2D eigenvalue weighted by Gasteiger charge is -2.21. The molecule has 0 saturated carbocycles. The standard InChI is InChI=1S/C28H24Cl2N8O2/c29-19-7-9-24(38(32)15-26(30)31)21(11-19)23-13-27(39)37(16-33-23)25(10-17-4-2-1-3-5-17)28(40)35-20-8-6-18-14-34-36-22(18)12-20/h1-9,11-16,25H,10,31-32H2,(H,34,36)(H,35,40)/b26-15-. The topological polar surface area (TPSA) is 148 Å². The summed E-state index contributed by atoms with van der Waals surface area (Å²) in [6.07, 6.45) is 4.62. The molecule has 0 aliphatic heterocycles. The fraction of sp³-hybridized carbons (Fsp3) is 0.0714. The first kappa shape index (κ1) is 26.9. The van der Waals surface area contributed by atoms with Crippen molar-refractivity contribution in [2.45, 2.75) is 12.5 Å². The summed E-state index contributed by atoms with van der Waals surface area (Å²) in [6, 6.07) is 20.2.